The summed E-state index contributed by atoms with van der Waals surface area (Å²) in [4.78, 5) is 29.3. The summed E-state index contributed by atoms with van der Waals surface area (Å²) in [5, 5.41) is 9.75. The van der Waals surface area contributed by atoms with E-state index in [1.54, 1.807) is 0 Å². The molecule has 1 saturated carbocycles. The minimum atomic E-state index is -2.57. The molecular formula is C49H94F2N2O5. The minimum Gasteiger partial charge on any atom is -0.466 e. The van der Waals surface area contributed by atoms with Crippen molar-refractivity contribution in [2.75, 3.05) is 52.5 Å². The summed E-state index contributed by atoms with van der Waals surface area (Å²) in [6.07, 6.45) is 34.7. The lowest BCUT2D eigenvalue weighted by molar-refractivity contribution is -0.145. The van der Waals surface area contributed by atoms with E-state index in [2.05, 4.69) is 30.6 Å². The van der Waals surface area contributed by atoms with Gasteiger partial charge in [0.15, 0.2) is 0 Å². The molecule has 1 fully saturated rings. The molecule has 0 aromatic heterocycles. The number of aliphatic hydroxyl groups is 1. The molecule has 0 radical (unpaired) electrons. The maximum atomic E-state index is 13.9. The average Bonchev–Trinajstić information content (AvgIpc) is 3.19. The largest absolute Gasteiger partial charge is 0.466 e. The predicted octanol–water partition coefficient (Wildman–Crippen LogP) is 13.2. The summed E-state index contributed by atoms with van der Waals surface area (Å²) in [6.45, 7) is 11.4. The number of carbonyl (C=O) groups excluding carboxylic acids is 2. The van der Waals surface area contributed by atoms with Gasteiger partial charge in [0.25, 0.3) is 5.92 Å². The number of aliphatic hydroxyl groups excluding tert-OH is 1. The van der Waals surface area contributed by atoms with Gasteiger partial charge in [-0.15, -0.1) is 0 Å². The third kappa shape index (κ3) is 32.5. The molecule has 7 nitrogen and oxygen atoms in total. The number of nitrogens with zero attached hydrogens (tertiary/aromatic N) is 2. The molecule has 9 heteroatoms. The van der Waals surface area contributed by atoms with E-state index in [0.29, 0.717) is 51.6 Å². The number of hydrogen-bond donors (Lipinski definition) is 1. The summed E-state index contributed by atoms with van der Waals surface area (Å²) in [5.74, 6) is -2.31. The molecule has 0 spiro atoms. The van der Waals surface area contributed by atoms with Crippen molar-refractivity contribution in [3.8, 4) is 0 Å². The van der Waals surface area contributed by atoms with Gasteiger partial charge in [0.05, 0.1) is 19.8 Å². The summed E-state index contributed by atoms with van der Waals surface area (Å²) >= 11 is 0. The molecule has 0 bridgehead atoms. The maximum Gasteiger partial charge on any atom is 0.305 e. The van der Waals surface area contributed by atoms with Gasteiger partial charge in [-0.2, -0.15) is 0 Å². The monoisotopic (exact) mass is 829 g/mol. The number of carbonyl (C=O) groups is 2. The number of unbranched alkanes of at least 4 members (excludes halogenated alkanes) is 22. The zero-order valence-corrected chi connectivity index (χ0v) is 38.4. The highest BCUT2D eigenvalue weighted by Crippen LogP contribution is 2.40. The molecule has 0 heterocycles. The molecule has 0 aliphatic heterocycles. The first-order valence-corrected chi connectivity index (χ1v) is 25.0. The van der Waals surface area contributed by atoms with Gasteiger partial charge in [-0.3, -0.25) is 19.4 Å². The first-order chi connectivity index (χ1) is 28.2. The lowest BCUT2D eigenvalue weighted by Gasteiger charge is -2.43. The van der Waals surface area contributed by atoms with Gasteiger partial charge in [0.1, 0.15) is 0 Å². The van der Waals surface area contributed by atoms with E-state index in [1.165, 1.54) is 122 Å². The zero-order valence-electron chi connectivity index (χ0n) is 38.4. The maximum absolute atomic E-state index is 13.9. The smallest absolute Gasteiger partial charge is 0.305 e. The highest BCUT2D eigenvalue weighted by Gasteiger charge is 2.47. The van der Waals surface area contributed by atoms with Crippen molar-refractivity contribution in [3.63, 3.8) is 0 Å². The first-order valence-electron chi connectivity index (χ1n) is 25.0. The Hall–Kier alpha value is -1.32. The van der Waals surface area contributed by atoms with Crippen molar-refractivity contribution in [2.45, 2.75) is 245 Å². The molecule has 0 amide bonds. The Morgan fingerprint density at radius 2 is 1.00 bits per heavy atom. The highest BCUT2D eigenvalue weighted by molar-refractivity contribution is 5.69. The van der Waals surface area contributed by atoms with Crippen LogP contribution in [0.4, 0.5) is 8.78 Å². The first kappa shape index (κ1) is 54.7. The molecule has 344 valence electrons. The van der Waals surface area contributed by atoms with Gasteiger partial charge in [0, 0.05) is 51.4 Å². The van der Waals surface area contributed by atoms with Gasteiger partial charge < -0.3 is 14.6 Å². The van der Waals surface area contributed by atoms with Crippen molar-refractivity contribution < 1.29 is 33.0 Å². The average molecular weight is 829 g/mol. The van der Waals surface area contributed by atoms with Crippen LogP contribution in [0.1, 0.15) is 233 Å². The molecule has 0 saturated heterocycles. The second-order valence-corrected chi connectivity index (χ2v) is 17.9. The second-order valence-electron chi connectivity index (χ2n) is 17.9. The Morgan fingerprint density at radius 3 is 1.50 bits per heavy atom. The number of halogens is 2. The Balaban J connectivity index is 2.32. The van der Waals surface area contributed by atoms with Gasteiger partial charge in [0.2, 0.25) is 0 Å². The summed E-state index contributed by atoms with van der Waals surface area (Å²) < 4.78 is 39.0. The van der Waals surface area contributed by atoms with E-state index in [9.17, 15) is 23.5 Å². The van der Waals surface area contributed by atoms with Crippen LogP contribution in [-0.2, 0) is 19.1 Å². The molecule has 1 rings (SSSR count). The van der Waals surface area contributed by atoms with Crippen LogP contribution in [0.3, 0.4) is 0 Å². The topological polar surface area (TPSA) is 79.3 Å². The third-order valence-corrected chi connectivity index (χ3v) is 12.3. The number of rotatable bonds is 44. The normalized spacial score (nSPS) is 14.2. The summed E-state index contributed by atoms with van der Waals surface area (Å²) in [5.41, 5.74) is 0. The Labute approximate surface area is 356 Å². The van der Waals surface area contributed by atoms with E-state index >= 15 is 0 Å². The summed E-state index contributed by atoms with van der Waals surface area (Å²) in [6, 6.07) is -0.116. The Kier molecular flexibility index (Phi) is 36.4. The molecule has 0 aromatic carbocycles. The second kappa shape index (κ2) is 38.6. The minimum absolute atomic E-state index is 0.0572. The van der Waals surface area contributed by atoms with Crippen LogP contribution in [0.5, 0.6) is 0 Å². The van der Waals surface area contributed by atoms with Crippen LogP contribution in [0.15, 0.2) is 0 Å². The fourth-order valence-corrected chi connectivity index (χ4v) is 8.35. The van der Waals surface area contributed by atoms with Crippen molar-refractivity contribution in [3.05, 3.63) is 0 Å². The lowest BCUT2D eigenvalue weighted by atomic mass is 9.86. The molecular weight excluding hydrogens is 735 g/mol. The molecule has 58 heavy (non-hydrogen) atoms. The predicted molar refractivity (Wildman–Crippen MR) is 239 cm³/mol. The highest BCUT2D eigenvalue weighted by atomic mass is 19.3. The Bertz CT molecular complexity index is 917. The summed E-state index contributed by atoms with van der Waals surface area (Å²) in [7, 11) is 0. The number of hydrogen-bond acceptors (Lipinski definition) is 7. The van der Waals surface area contributed by atoms with Crippen LogP contribution in [0.25, 0.3) is 0 Å². The molecule has 1 aliphatic rings. The van der Waals surface area contributed by atoms with E-state index in [-0.39, 0.29) is 37.4 Å². The zero-order chi connectivity index (χ0) is 42.4. The van der Waals surface area contributed by atoms with Crippen LogP contribution in [-0.4, -0.2) is 91.4 Å². The number of ether oxygens (including phenoxy) is 2. The van der Waals surface area contributed by atoms with E-state index in [0.717, 1.165) is 77.3 Å². The van der Waals surface area contributed by atoms with Gasteiger partial charge in [-0.25, -0.2) is 8.78 Å². The SMILES string of the molecule is CCCCCCCCCCCOC(=O)CCCCCN(CCN(CCO)CCCCCC(=O)OCC(CCCCCCCC)CCCCCCCC)C1CC(F)(F)C1. The van der Waals surface area contributed by atoms with E-state index < -0.39 is 5.92 Å². The molecule has 1 aliphatic carbocycles. The van der Waals surface area contributed by atoms with Crippen molar-refractivity contribution >= 4 is 11.9 Å². The number of alkyl halides is 2. The molecule has 0 unspecified atom stereocenters. The molecule has 0 aromatic rings. The fourth-order valence-electron chi connectivity index (χ4n) is 8.35. The quantitative estimate of drug-likeness (QED) is 0.0484. The third-order valence-electron chi connectivity index (χ3n) is 12.3. The van der Waals surface area contributed by atoms with Gasteiger partial charge >= 0.3 is 11.9 Å². The van der Waals surface area contributed by atoms with Crippen LogP contribution >= 0.6 is 0 Å². The van der Waals surface area contributed by atoms with Crippen LogP contribution in [0, 0.1) is 5.92 Å². The van der Waals surface area contributed by atoms with Crippen molar-refractivity contribution in [1.29, 1.82) is 0 Å². The van der Waals surface area contributed by atoms with E-state index in [4.69, 9.17) is 9.47 Å². The lowest BCUT2D eigenvalue weighted by Crippen LogP contribution is -2.53. The standard InChI is InChI=1S/C49H94F2N2O5/c1-4-7-10-13-16-17-18-21-30-41-57-47(55)33-27-23-29-36-53(46-42-49(50,51)43-46)38-37-52(39-40-54)35-28-22-26-34-48(56)58-44-45(31-24-19-14-11-8-5-2)32-25-20-15-12-9-6-3/h45-46,54H,4-44H2,1-3H3. The van der Waals surface area contributed by atoms with Crippen molar-refractivity contribution in [2.24, 2.45) is 5.92 Å². The van der Waals surface area contributed by atoms with Crippen molar-refractivity contribution in [1.82, 2.24) is 9.80 Å². The number of esters is 2. The van der Waals surface area contributed by atoms with Gasteiger partial charge in [-0.1, -0.05) is 162 Å². The van der Waals surface area contributed by atoms with Crippen LogP contribution in [0.2, 0.25) is 0 Å². The molecule has 1 N–H and O–H groups in total. The van der Waals surface area contributed by atoms with E-state index in [1.807, 2.05) is 0 Å². The Morgan fingerprint density at radius 1 is 0.552 bits per heavy atom. The molecule has 0 atom stereocenters. The van der Waals surface area contributed by atoms with Crippen LogP contribution < -0.4 is 0 Å². The fraction of sp³-hybridized carbons (Fsp3) is 0.959. The van der Waals surface area contributed by atoms with Gasteiger partial charge in [-0.05, 0) is 64.0 Å².